The van der Waals surface area contributed by atoms with Crippen LogP contribution in [0.1, 0.15) is 23.7 Å². The number of carbonyl (C=O) groups is 1. The molecule has 2 heterocycles. The first kappa shape index (κ1) is 15.4. The van der Waals surface area contributed by atoms with Crippen molar-refractivity contribution in [3.8, 4) is 0 Å². The fourth-order valence-corrected chi connectivity index (χ4v) is 2.94. The number of nitro groups is 1. The number of likely N-dealkylation sites (tertiary alicyclic amines) is 1. The average molecular weight is 293 g/mol. The van der Waals surface area contributed by atoms with E-state index in [1.165, 1.54) is 6.20 Å². The second-order valence-electron chi connectivity index (χ2n) is 5.73. The van der Waals surface area contributed by atoms with E-state index in [1.54, 1.807) is 13.8 Å². The van der Waals surface area contributed by atoms with Gasteiger partial charge in [0.2, 0.25) is 0 Å². The minimum Gasteiger partial charge on any atom is -0.481 e. The molecular weight excluding hydrogens is 274 g/mol. The predicted molar refractivity (Wildman–Crippen MR) is 75.9 cm³/mol. The van der Waals surface area contributed by atoms with E-state index >= 15 is 0 Å². The standard InChI is InChI=1S/C14H19N3O4/c1-8-4-15-12(10(3)13(8)17(20)21)7-16-5-9(2)11(6-16)14(18)19/h4,9,11H,5-7H2,1-3H3,(H,18,19). The van der Waals surface area contributed by atoms with Crippen molar-refractivity contribution in [2.24, 2.45) is 11.8 Å². The summed E-state index contributed by atoms with van der Waals surface area (Å²) in [7, 11) is 0. The van der Waals surface area contributed by atoms with Crippen LogP contribution in [-0.4, -0.2) is 39.0 Å². The van der Waals surface area contributed by atoms with Crippen molar-refractivity contribution in [1.82, 2.24) is 9.88 Å². The van der Waals surface area contributed by atoms with E-state index in [-0.39, 0.29) is 22.4 Å². The number of hydrogen-bond donors (Lipinski definition) is 1. The lowest BCUT2D eigenvalue weighted by molar-refractivity contribution is -0.386. The maximum atomic E-state index is 11.1. The molecule has 2 rings (SSSR count). The number of hydrogen-bond acceptors (Lipinski definition) is 5. The summed E-state index contributed by atoms with van der Waals surface area (Å²) in [5, 5.41) is 20.3. The first-order valence-electron chi connectivity index (χ1n) is 6.86. The molecule has 0 amide bonds. The van der Waals surface area contributed by atoms with Gasteiger partial charge in [0.25, 0.3) is 5.69 Å². The minimum absolute atomic E-state index is 0.0724. The molecule has 7 heteroatoms. The van der Waals surface area contributed by atoms with Crippen LogP contribution < -0.4 is 0 Å². The molecule has 1 fully saturated rings. The molecule has 1 saturated heterocycles. The van der Waals surface area contributed by atoms with Gasteiger partial charge in [-0.3, -0.25) is 24.8 Å². The number of carboxylic acids is 1. The van der Waals surface area contributed by atoms with Gasteiger partial charge in [-0.25, -0.2) is 0 Å². The van der Waals surface area contributed by atoms with Gasteiger partial charge in [0.1, 0.15) is 0 Å². The van der Waals surface area contributed by atoms with Crippen LogP contribution >= 0.6 is 0 Å². The van der Waals surface area contributed by atoms with Crippen molar-refractivity contribution >= 4 is 11.7 Å². The Balaban J connectivity index is 2.20. The van der Waals surface area contributed by atoms with Gasteiger partial charge in [-0.2, -0.15) is 0 Å². The Hall–Kier alpha value is -2.02. The van der Waals surface area contributed by atoms with Crippen molar-refractivity contribution in [2.75, 3.05) is 13.1 Å². The maximum absolute atomic E-state index is 11.1. The van der Waals surface area contributed by atoms with Crippen molar-refractivity contribution in [3.05, 3.63) is 33.1 Å². The van der Waals surface area contributed by atoms with E-state index in [0.29, 0.717) is 36.5 Å². The second-order valence-corrected chi connectivity index (χ2v) is 5.73. The zero-order valence-corrected chi connectivity index (χ0v) is 12.4. The van der Waals surface area contributed by atoms with Crippen LogP contribution in [0.5, 0.6) is 0 Å². The highest BCUT2D eigenvalue weighted by atomic mass is 16.6. The molecule has 0 radical (unpaired) electrons. The molecule has 0 bridgehead atoms. The summed E-state index contributed by atoms with van der Waals surface area (Å²) in [5.74, 6) is -1.10. The van der Waals surface area contributed by atoms with Crippen LogP contribution in [0, 0.1) is 35.8 Å². The van der Waals surface area contributed by atoms with E-state index in [4.69, 9.17) is 5.11 Å². The fraction of sp³-hybridized carbons (Fsp3) is 0.571. The Morgan fingerprint density at radius 3 is 2.71 bits per heavy atom. The summed E-state index contributed by atoms with van der Waals surface area (Å²) in [4.78, 5) is 28.1. The molecule has 1 aliphatic heterocycles. The van der Waals surface area contributed by atoms with Gasteiger partial charge in [0.15, 0.2) is 0 Å². The summed E-state index contributed by atoms with van der Waals surface area (Å²) in [6.45, 7) is 6.85. The van der Waals surface area contributed by atoms with Gasteiger partial charge in [-0.05, 0) is 19.8 Å². The summed E-state index contributed by atoms with van der Waals surface area (Å²) in [5.41, 5.74) is 1.85. The normalized spacial score (nSPS) is 22.4. The first-order chi connectivity index (χ1) is 9.81. The predicted octanol–water partition coefficient (Wildman–Crippen LogP) is 1.76. The topological polar surface area (TPSA) is 96.6 Å². The third-order valence-electron chi connectivity index (χ3n) is 4.14. The van der Waals surface area contributed by atoms with Crippen LogP contribution in [0.3, 0.4) is 0 Å². The number of aryl methyl sites for hydroxylation is 1. The van der Waals surface area contributed by atoms with Gasteiger partial charge in [0.05, 0.1) is 16.5 Å². The number of rotatable bonds is 4. The monoisotopic (exact) mass is 293 g/mol. The highest BCUT2D eigenvalue weighted by Crippen LogP contribution is 2.28. The number of pyridine rings is 1. The molecule has 7 nitrogen and oxygen atoms in total. The van der Waals surface area contributed by atoms with E-state index in [1.807, 2.05) is 11.8 Å². The molecule has 114 valence electrons. The average Bonchev–Trinajstić information content (AvgIpc) is 2.74. The summed E-state index contributed by atoms with van der Waals surface area (Å²) in [6.07, 6.45) is 1.51. The van der Waals surface area contributed by atoms with E-state index in [0.717, 1.165) is 0 Å². The van der Waals surface area contributed by atoms with Crippen molar-refractivity contribution in [2.45, 2.75) is 27.3 Å². The Kier molecular flexibility index (Phi) is 4.22. The highest BCUT2D eigenvalue weighted by molar-refractivity contribution is 5.71. The SMILES string of the molecule is Cc1cnc(CN2CC(C)C(C(=O)O)C2)c(C)c1[N+](=O)[O-]. The zero-order chi connectivity index (χ0) is 15.7. The van der Waals surface area contributed by atoms with Crippen LogP contribution in [-0.2, 0) is 11.3 Å². The second kappa shape index (κ2) is 5.77. The molecule has 0 spiro atoms. The quantitative estimate of drug-likeness (QED) is 0.671. The van der Waals surface area contributed by atoms with E-state index in [9.17, 15) is 14.9 Å². The van der Waals surface area contributed by atoms with Crippen LogP contribution in [0.2, 0.25) is 0 Å². The Morgan fingerprint density at radius 1 is 1.52 bits per heavy atom. The Bertz CT molecular complexity index is 588. The van der Waals surface area contributed by atoms with Gasteiger partial charge in [-0.1, -0.05) is 6.92 Å². The molecule has 21 heavy (non-hydrogen) atoms. The Morgan fingerprint density at radius 2 is 2.19 bits per heavy atom. The van der Waals surface area contributed by atoms with Crippen molar-refractivity contribution in [3.63, 3.8) is 0 Å². The van der Waals surface area contributed by atoms with Crippen LogP contribution in [0.4, 0.5) is 5.69 Å². The number of nitrogens with zero attached hydrogens (tertiary/aromatic N) is 3. The smallest absolute Gasteiger partial charge is 0.308 e. The molecule has 1 aromatic rings. The summed E-state index contributed by atoms with van der Waals surface area (Å²) in [6, 6.07) is 0. The molecule has 1 aromatic heterocycles. The lowest BCUT2D eigenvalue weighted by Crippen LogP contribution is -2.24. The third kappa shape index (κ3) is 3.02. The lowest BCUT2D eigenvalue weighted by Gasteiger charge is -2.16. The van der Waals surface area contributed by atoms with Crippen molar-refractivity contribution in [1.29, 1.82) is 0 Å². The van der Waals surface area contributed by atoms with E-state index in [2.05, 4.69) is 4.98 Å². The number of aliphatic carboxylic acids is 1. The van der Waals surface area contributed by atoms with Crippen LogP contribution in [0.25, 0.3) is 0 Å². The van der Waals surface area contributed by atoms with Gasteiger partial charge >= 0.3 is 5.97 Å². The molecular formula is C14H19N3O4. The largest absolute Gasteiger partial charge is 0.481 e. The first-order valence-corrected chi connectivity index (χ1v) is 6.86. The molecule has 1 aliphatic rings. The fourth-order valence-electron chi connectivity index (χ4n) is 2.94. The van der Waals surface area contributed by atoms with Gasteiger partial charge in [0, 0.05) is 37.0 Å². The molecule has 1 N–H and O–H groups in total. The summed E-state index contributed by atoms with van der Waals surface area (Å²) < 4.78 is 0. The Labute approximate surface area is 122 Å². The molecule has 0 aliphatic carbocycles. The number of carboxylic acid groups (broad SMARTS) is 1. The molecule has 2 unspecified atom stereocenters. The van der Waals surface area contributed by atoms with Gasteiger partial charge < -0.3 is 5.11 Å². The molecule has 0 aromatic carbocycles. The molecule has 2 atom stereocenters. The van der Waals surface area contributed by atoms with E-state index < -0.39 is 5.97 Å². The summed E-state index contributed by atoms with van der Waals surface area (Å²) >= 11 is 0. The highest BCUT2D eigenvalue weighted by Gasteiger charge is 2.35. The zero-order valence-electron chi connectivity index (χ0n) is 12.4. The third-order valence-corrected chi connectivity index (χ3v) is 4.14. The van der Waals surface area contributed by atoms with Crippen molar-refractivity contribution < 1.29 is 14.8 Å². The maximum Gasteiger partial charge on any atom is 0.308 e. The van der Waals surface area contributed by atoms with Gasteiger partial charge in [-0.15, -0.1) is 0 Å². The molecule has 0 saturated carbocycles. The van der Waals surface area contributed by atoms with Crippen LogP contribution in [0.15, 0.2) is 6.20 Å². The number of aromatic nitrogens is 1. The lowest BCUT2D eigenvalue weighted by atomic mass is 9.99. The minimum atomic E-state index is -0.787.